The van der Waals surface area contributed by atoms with Gasteiger partial charge in [0.2, 0.25) is 0 Å². The van der Waals surface area contributed by atoms with E-state index in [9.17, 15) is 0 Å². The first-order chi connectivity index (χ1) is 24.7. The van der Waals surface area contributed by atoms with E-state index in [-0.39, 0.29) is 0 Å². The van der Waals surface area contributed by atoms with Crippen molar-refractivity contribution in [1.82, 2.24) is 9.13 Å². The summed E-state index contributed by atoms with van der Waals surface area (Å²) in [5, 5.41) is 4.23. The fourth-order valence-corrected chi connectivity index (χ4v) is 7.45. The average molecular weight is 636 g/mol. The molecule has 5 heteroatoms. The van der Waals surface area contributed by atoms with Crippen molar-refractivity contribution in [3.8, 4) is 33.6 Å². The van der Waals surface area contributed by atoms with Crippen LogP contribution in [0.1, 0.15) is 0 Å². The van der Waals surface area contributed by atoms with Gasteiger partial charge in [0.1, 0.15) is 0 Å². The highest BCUT2D eigenvalue weighted by Crippen LogP contribution is 2.45. The molecule has 0 N–H and O–H groups in total. The van der Waals surface area contributed by atoms with Crippen LogP contribution in [0.4, 0.5) is 17.1 Å². The van der Waals surface area contributed by atoms with E-state index in [1.54, 1.807) is 0 Å². The minimum Gasteiger partial charge on any atom is -0.309 e. The van der Waals surface area contributed by atoms with E-state index in [1.807, 2.05) is 60.7 Å². The summed E-state index contributed by atoms with van der Waals surface area (Å²) in [4.78, 5) is 11.4. The molecule has 0 unspecified atom stereocenters. The molecule has 0 saturated carbocycles. The third-order valence-corrected chi connectivity index (χ3v) is 9.56. The van der Waals surface area contributed by atoms with Gasteiger partial charge in [0.25, 0.3) is 0 Å². The zero-order valence-electron chi connectivity index (χ0n) is 26.7. The summed E-state index contributed by atoms with van der Waals surface area (Å²) in [6.07, 6.45) is 0. The van der Waals surface area contributed by atoms with Crippen molar-refractivity contribution in [2.24, 2.45) is 0 Å². The molecule has 0 bridgehead atoms. The van der Waals surface area contributed by atoms with E-state index < -0.39 is 0 Å². The van der Waals surface area contributed by atoms with Crippen LogP contribution in [0.3, 0.4) is 0 Å². The van der Waals surface area contributed by atoms with Crippen LogP contribution in [-0.2, 0) is 0 Å². The van der Waals surface area contributed by atoms with Crippen molar-refractivity contribution in [3.05, 3.63) is 186 Å². The first-order valence-electron chi connectivity index (χ1n) is 16.2. The Labute approximate surface area is 288 Å². The Kier molecular flexibility index (Phi) is 6.56. The minimum atomic E-state index is 0.543. The summed E-state index contributed by atoms with van der Waals surface area (Å²) in [5.41, 5.74) is 11.5. The van der Waals surface area contributed by atoms with Gasteiger partial charge >= 0.3 is 0 Å². The van der Waals surface area contributed by atoms with Crippen LogP contribution in [-0.4, -0.2) is 9.13 Å². The normalized spacial score (nSPS) is 11.1. The molecule has 0 aliphatic heterocycles. The molecule has 9 rings (SSSR count). The fraction of sp³-hybridized carbons (Fsp3) is 0. The Morgan fingerprint density at radius 2 is 0.960 bits per heavy atom. The zero-order valence-corrected chi connectivity index (χ0v) is 26.7. The molecule has 0 amide bonds. The molecule has 0 atom stereocenters. The van der Waals surface area contributed by atoms with Gasteiger partial charge in [-0.2, -0.15) is 0 Å². The molecule has 0 saturated heterocycles. The van der Waals surface area contributed by atoms with Gasteiger partial charge in [-0.1, -0.05) is 97.1 Å². The van der Waals surface area contributed by atoms with Crippen LogP contribution in [0.5, 0.6) is 0 Å². The quantitative estimate of drug-likeness (QED) is 0.172. The predicted octanol–water partition coefficient (Wildman–Crippen LogP) is 12.9. The monoisotopic (exact) mass is 635 g/mol. The van der Waals surface area contributed by atoms with Crippen molar-refractivity contribution in [3.63, 3.8) is 0 Å². The van der Waals surface area contributed by atoms with Crippen LogP contribution < -0.4 is 0 Å². The van der Waals surface area contributed by atoms with E-state index in [4.69, 9.17) is 19.7 Å². The molecular weight excluding hydrogens is 611 g/mol. The minimum absolute atomic E-state index is 0.543. The summed E-state index contributed by atoms with van der Waals surface area (Å²) in [7, 11) is 0. The molecule has 0 aliphatic carbocycles. The summed E-state index contributed by atoms with van der Waals surface area (Å²) in [5.74, 6) is 0. The number of rotatable bonds is 4. The number of aromatic nitrogens is 2. The maximum absolute atomic E-state index is 8.28. The Balaban J connectivity index is 1.30. The van der Waals surface area contributed by atoms with Gasteiger partial charge in [0.05, 0.1) is 47.5 Å². The lowest BCUT2D eigenvalue weighted by Gasteiger charge is -2.19. The van der Waals surface area contributed by atoms with Gasteiger partial charge in [-0.25, -0.2) is 14.5 Å². The second kappa shape index (κ2) is 11.4. The van der Waals surface area contributed by atoms with E-state index >= 15 is 0 Å². The van der Waals surface area contributed by atoms with Crippen LogP contribution in [0.2, 0.25) is 0 Å². The van der Waals surface area contributed by atoms with Crippen LogP contribution in [0, 0.1) is 19.7 Å². The summed E-state index contributed by atoms with van der Waals surface area (Å²) in [6.45, 7) is 23.6. The third-order valence-electron chi connectivity index (χ3n) is 9.56. The molecule has 9 aromatic rings. The number of benzene rings is 7. The Bertz CT molecular complexity index is 2850. The topological polar surface area (TPSA) is 22.9 Å². The van der Waals surface area contributed by atoms with E-state index in [1.165, 1.54) is 10.8 Å². The molecule has 230 valence electrons. The molecule has 0 radical (unpaired) electrons. The molecular formula is C45H25N5. The molecule has 0 fully saturated rings. The van der Waals surface area contributed by atoms with Crippen molar-refractivity contribution in [2.75, 3.05) is 0 Å². The molecule has 0 spiro atoms. The second-order valence-corrected chi connectivity index (χ2v) is 12.2. The average Bonchev–Trinajstić information content (AvgIpc) is 3.69. The molecule has 5 nitrogen and oxygen atoms in total. The lowest BCUT2D eigenvalue weighted by molar-refractivity contribution is 1.18. The highest BCUT2D eigenvalue weighted by Gasteiger charge is 2.21. The van der Waals surface area contributed by atoms with Crippen molar-refractivity contribution < 1.29 is 0 Å². The van der Waals surface area contributed by atoms with Crippen molar-refractivity contribution >= 4 is 60.7 Å². The van der Waals surface area contributed by atoms with Gasteiger partial charge in [-0.3, -0.25) is 0 Å². The Morgan fingerprint density at radius 1 is 0.400 bits per heavy atom. The van der Waals surface area contributed by atoms with E-state index in [0.29, 0.717) is 17.1 Å². The Morgan fingerprint density at radius 3 is 1.60 bits per heavy atom. The summed E-state index contributed by atoms with van der Waals surface area (Å²) < 4.78 is 4.51. The molecule has 2 heterocycles. The highest BCUT2D eigenvalue weighted by atomic mass is 15.0. The van der Waals surface area contributed by atoms with Crippen LogP contribution >= 0.6 is 0 Å². The zero-order chi connectivity index (χ0) is 33.8. The van der Waals surface area contributed by atoms with E-state index in [0.717, 1.165) is 66.5 Å². The largest absolute Gasteiger partial charge is 0.309 e. The van der Waals surface area contributed by atoms with Gasteiger partial charge in [-0.15, -0.1) is 0 Å². The fourth-order valence-electron chi connectivity index (χ4n) is 7.45. The molecule has 7 aromatic carbocycles. The van der Waals surface area contributed by atoms with Gasteiger partial charge < -0.3 is 9.13 Å². The lowest BCUT2D eigenvalue weighted by Crippen LogP contribution is -1.98. The van der Waals surface area contributed by atoms with E-state index in [2.05, 4.69) is 115 Å². The SMILES string of the molecule is [C-]#[N+]c1ccc2c(c1)c1cc([N+]#[C-])ccc1n2-c1ccccc1-c1c([N+]#[C-])cccc1-c1cccc(-n2c3ccccc3c3ccccc32)c1. The number of hydrogen-bond donors (Lipinski definition) is 0. The smallest absolute Gasteiger partial charge is 0.195 e. The Hall–Kier alpha value is -7.39. The van der Waals surface area contributed by atoms with Crippen molar-refractivity contribution in [1.29, 1.82) is 0 Å². The van der Waals surface area contributed by atoms with Gasteiger partial charge in [0.15, 0.2) is 17.1 Å². The summed E-state index contributed by atoms with van der Waals surface area (Å²) in [6, 6.07) is 51.1. The summed E-state index contributed by atoms with van der Waals surface area (Å²) >= 11 is 0. The standard InChI is InChI=1S/C45H25N5/c1-46-30-22-24-43-37(27-30)38-28-31(47-2)23-25-44(38)50(43)42-21-9-6-16-36(42)45-33(17-11-18-39(45)48-3)29-12-10-13-32(26-29)49-40-19-7-4-14-34(40)35-15-5-8-20-41(35)49/h4-28H. The van der Waals surface area contributed by atoms with Crippen LogP contribution in [0.25, 0.3) is 91.8 Å². The van der Waals surface area contributed by atoms with Crippen molar-refractivity contribution in [2.45, 2.75) is 0 Å². The number of para-hydroxylation sites is 3. The first kappa shape index (κ1) is 28.8. The number of nitrogens with zero attached hydrogens (tertiary/aromatic N) is 5. The molecule has 50 heavy (non-hydrogen) atoms. The highest BCUT2D eigenvalue weighted by molar-refractivity contribution is 6.12. The third kappa shape index (κ3) is 4.31. The molecule has 2 aromatic heterocycles. The van der Waals surface area contributed by atoms with Gasteiger partial charge in [0, 0.05) is 16.5 Å². The number of fused-ring (bicyclic) bond motifs is 6. The first-order valence-corrected chi connectivity index (χ1v) is 16.2. The van der Waals surface area contributed by atoms with Gasteiger partial charge in [-0.05, 0) is 87.6 Å². The van der Waals surface area contributed by atoms with Crippen LogP contribution in [0.15, 0.2) is 152 Å². The second-order valence-electron chi connectivity index (χ2n) is 12.2. The lowest BCUT2D eigenvalue weighted by atomic mass is 9.91. The maximum Gasteiger partial charge on any atom is 0.195 e. The predicted molar refractivity (Wildman–Crippen MR) is 205 cm³/mol. The number of hydrogen-bond acceptors (Lipinski definition) is 0. The maximum atomic E-state index is 8.28. The molecule has 0 aliphatic rings.